The van der Waals surface area contributed by atoms with E-state index in [4.69, 9.17) is 16.3 Å². The fourth-order valence-electron chi connectivity index (χ4n) is 1.64. The monoisotopic (exact) mass is 311 g/mol. The second-order valence-electron chi connectivity index (χ2n) is 4.35. The summed E-state index contributed by atoms with van der Waals surface area (Å²) >= 11 is 7.21. The van der Waals surface area contributed by atoms with E-state index >= 15 is 0 Å². The molecule has 1 N–H and O–H groups in total. The van der Waals surface area contributed by atoms with Gasteiger partial charge in [-0.05, 0) is 44.0 Å². The predicted molar refractivity (Wildman–Crippen MR) is 79.7 cm³/mol. The lowest BCUT2D eigenvalue weighted by molar-refractivity contribution is -0.118. The molecule has 0 saturated heterocycles. The molecule has 1 heterocycles. The van der Waals surface area contributed by atoms with Gasteiger partial charge in [0, 0.05) is 16.6 Å². The van der Waals surface area contributed by atoms with Crippen LogP contribution >= 0.6 is 23.1 Å². The van der Waals surface area contributed by atoms with E-state index in [0.717, 1.165) is 22.7 Å². The van der Waals surface area contributed by atoms with Gasteiger partial charge in [-0.25, -0.2) is 4.98 Å². The lowest BCUT2D eigenvalue weighted by atomic mass is 10.1. The molecule has 0 fully saturated rings. The molecule has 0 saturated carbocycles. The number of carbonyl (C=O) groups is 1. The summed E-state index contributed by atoms with van der Waals surface area (Å²) in [4.78, 5) is 15.8. The van der Waals surface area contributed by atoms with Crippen molar-refractivity contribution in [2.24, 2.45) is 0 Å². The third-order valence-electron chi connectivity index (χ3n) is 2.55. The quantitative estimate of drug-likeness (QED) is 0.942. The molecular weight excluding hydrogens is 298 g/mol. The number of ether oxygens (including phenoxy) is 1. The summed E-state index contributed by atoms with van der Waals surface area (Å²) in [6, 6.07) is 3.61. The highest BCUT2D eigenvalue weighted by Gasteiger charge is 2.08. The molecule has 2 aromatic rings. The average Bonchev–Trinajstić information content (AvgIpc) is 2.78. The van der Waals surface area contributed by atoms with Gasteiger partial charge in [-0.2, -0.15) is 4.37 Å². The normalized spacial score (nSPS) is 10.4. The first-order chi connectivity index (χ1) is 9.45. The third-order valence-corrected chi connectivity index (χ3v) is 3.87. The first kappa shape index (κ1) is 14.7. The van der Waals surface area contributed by atoms with Crippen LogP contribution in [0, 0.1) is 20.8 Å². The second kappa shape index (κ2) is 6.19. The number of rotatable bonds is 4. The van der Waals surface area contributed by atoms with Crippen LogP contribution in [0.1, 0.15) is 17.0 Å². The molecule has 0 radical (unpaired) electrons. The smallest absolute Gasteiger partial charge is 0.264 e. The Hall–Kier alpha value is -1.66. The van der Waals surface area contributed by atoms with E-state index in [-0.39, 0.29) is 12.5 Å². The van der Waals surface area contributed by atoms with Crippen LogP contribution in [0.5, 0.6) is 5.75 Å². The number of amides is 1. The molecule has 0 aliphatic carbocycles. The maximum Gasteiger partial charge on any atom is 0.264 e. The molecule has 7 heteroatoms. The van der Waals surface area contributed by atoms with E-state index < -0.39 is 0 Å². The number of nitrogens with zero attached hydrogens (tertiary/aromatic N) is 2. The highest BCUT2D eigenvalue weighted by molar-refractivity contribution is 7.09. The van der Waals surface area contributed by atoms with Crippen LogP contribution in [0.3, 0.4) is 0 Å². The van der Waals surface area contributed by atoms with Gasteiger partial charge < -0.3 is 4.74 Å². The molecule has 20 heavy (non-hydrogen) atoms. The van der Waals surface area contributed by atoms with E-state index in [0.29, 0.717) is 21.7 Å². The Morgan fingerprint density at radius 2 is 2.00 bits per heavy atom. The van der Waals surface area contributed by atoms with Gasteiger partial charge in [-0.1, -0.05) is 11.6 Å². The molecular formula is C13H14ClN3O2S. The minimum Gasteiger partial charge on any atom is -0.484 e. The molecule has 1 aromatic carbocycles. The van der Waals surface area contributed by atoms with E-state index in [2.05, 4.69) is 14.7 Å². The van der Waals surface area contributed by atoms with Crippen LogP contribution in [0.4, 0.5) is 5.13 Å². The van der Waals surface area contributed by atoms with Crippen molar-refractivity contribution in [2.75, 3.05) is 11.9 Å². The molecule has 0 bridgehead atoms. The largest absolute Gasteiger partial charge is 0.484 e. The Balaban J connectivity index is 1.93. The Morgan fingerprint density at radius 1 is 1.35 bits per heavy atom. The van der Waals surface area contributed by atoms with Gasteiger partial charge in [-0.15, -0.1) is 0 Å². The standard InChI is InChI=1S/C13H14ClN3O2S/c1-7-4-10(5-8(2)12(7)14)19-6-11(18)16-13-15-9(3)17-20-13/h4-5H,6H2,1-3H3,(H,15,16,17,18). The maximum atomic E-state index is 11.7. The number of hydrogen-bond donors (Lipinski definition) is 1. The molecule has 0 aliphatic rings. The maximum absolute atomic E-state index is 11.7. The number of aryl methyl sites for hydroxylation is 3. The number of benzene rings is 1. The first-order valence-electron chi connectivity index (χ1n) is 5.95. The second-order valence-corrected chi connectivity index (χ2v) is 5.48. The number of carbonyl (C=O) groups excluding carboxylic acids is 1. The van der Waals surface area contributed by atoms with Gasteiger partial charge in [0.15, 0.2) is 6.61 Å². The summed E-state index contributed by atoms with van der Waals surface area (Å²) < 4.78 is 9.43. The van der Waals surface area contributed by atoms with E-state index in [9.17, 15) is 4.79 Å². The van der Waals surface area contributed by atoms with Crippen molar-refractivity contribution in [1.29, 1.82) is 0 Å². The van der Waals surface area contributed by atoms with Gasteiger partial charge >= 0.3 is 0 Å². The minimum absolute atomic E-state index is 0.0842. The Labute approximate surface area is 126 Å². The number of nitrogens with one attached hydrogen (secondary N) is 1. The number of anilines is 1. The summed E-state index contributed by atoms with van der Waals surface area (Å²) in [5.74, 6) is 0.981. The number of aromatic nitrogens is 2. The first-order valence-corrected chi connectivity index (χ1v) is 7.10. The summed E-state index contributed by atoms with van der Waals surface area (Å²) in [5, 5.41) is 3.81. The highest BCUT2D eigenvalue weighted by atomic mass is 35.5. The van der Waals surface area contributed by atoms with Gasteiger partial charge in [-0.3, -0.25) is 10.1 Å². The fraction of sp³-hybridized carbons (Fsp3) is 0.308. The molecule has 0 aliphatic heterocycles. The molecule has 5 nitrogen and oxygen atoms in total. The highest BCUT2D eigenvalue weighted by Crippen LogP contribution is 2.25. The zero-order chi connectivity index (χ0) is 14.7. The Morgan fingerprint density at radius 3 is 2.55 bits per heavy atom. The van der Waals surface area contributed by atoms with Gasteiger partial charge in [0.05, 0.1) is 0 Å². The van der Waals surface area contributed by atoms with Gasteiger partial charge in [0.1, 0.15) is 11.6 Å². The molecule has 0 atom stereocenters. The van der Waals surface area contributed by atoms with Crippen LogP contribution in [0.25, 0.3) is 0 Å². The molecule has 0 spiro atoms. The lowest BCUT2D eigenvalue weighted by Crippen LogP contribution is -2.20. The Bertz CT molecular complexity index is 619. The van der Waals surface area contributed by atoms with Crippen molar-refractivity contribution in [3.63, 3.8) is 0 Å². The van der Waals surface area contributed by atoms with Gasteiger partial charge in [0.2, 0.25) is 5.13 Å². The molecule has 106 valence electrons. The predicted octanol–water partition coefficient (Wildman–Crippen LogP) is 3.13. The molecule has 0 unspecified atom stereocenters. The van der Waals surface area contributed by atoms with Crippen molar-refractivity contribution in [3.8, 4) is 5.75 Å². The zero-order valence-corrected chi connectivity index (χ0v) is 12.9. The molecule has 1 amide bonds. The summed E-state index contributed by atoms with van der Waals surface area (Å²) in [6.07, 6.45) is 0. The number of halogens is 1. The summed E-state index contributed by atoms with van der Waals surface area (Å²) in [7, 11) is 0. The fourth-order valence-corrected chi connectivity index (χ4v) is 2.34. The van der Waals surface area contributed by atoms with Crippen molar-refractivity contribution in [3.05, 3.63) is 34.1 Å². The van der Waals surface area contributed by atoms with Crippen LogP contribution in [-0.4, -0.2) is 21.9 Å². The van der Waals surface area contributed by atoms with Crippen molar-refractivity contribution in [2.45, 2.75) is 20.8 Å². The summed E-state index contributed by atoms with van der Waals surface area (Å²) in [6.45, 7) is 5.47. The van der Waals surface area contributed by atoms with Crippen molar-refractivity contribution in [1.82, 2.24) is 9.36 Å². The summed E-state index contributed by atoms with van der Waals surface area (Å²) in [5.41, 5.74) is 1.84. The average molecular weight is 312 g/mol. The lowest BCUT2D eigenvalue weighted by Gasteiger charge is -2.09. The van der Waals surface area contributed by atoms with Crippen LogP contribution < -0.4 is 10.1 Å². The zero-order valence-electron chi connectivity index (χ0n) is 11.4. The van der Waals surface area contributed by atoms with Gasteiger partial charge in [0.25, 0.3) is 5.91 Å². The third kappa shape index (κ3) is 3.68. The minimum atomic E-state index is -0.272. The Kier molecular flexibility index (Phi) is 4.57. The van der Waals surface area contributed by atoms with E-state index in [1.54, 1.807) is 19.1 Å². The number of hydrogen-bond acceptors (Lipinski definition) is 5. The molecule has 1 aromatic heterocycles. The topological polar surface area (TPSA) is 64.1 Å². The van der Waals surface area contributed by atoms with Crippen LogP contribution in [-0.2, 0) is 4.79 Å². The van der Waals surface area contributed by atoms with Crippen LogP contribution in [0.2, 0.25) is 5.02 Å². The van der Waals surface area contributed by atoms with Crippen LogP contribution in [0.15, 0.2) is 12.1 Å². The van der Waals surface area contributed by atoms with E-state index in [1.807, 2.05) is 13.8 Å². The van der Waals surface area contributed by atoms with E-state index in [1.165, 1.54) is 0 Å². The van der Waals surface area contributed by atoms with Crippen molar-refractivity contribution >= 4 is 34.2 Å². The van der Waals surface area contributed by atoms with Crippen molar-refractivity contribution < 1.29 is 9.53 Å². The SMILES string of the molecule is Cc1nsc(NC(=O)COc2cc(C)c(Cl)c(C)c2)n1. The molecule has 2 rings (SSSR count).